The molecule has 1 aromatic rings. The van der Waals surface area contributed by atoms with Crippen LogP contribution in [0.25, 0.3) is 0 Å². The van der Waals surface area contributed by atoms with Gasteiger partial charge in [0.2, 0.25) is 15.9 Å². The minimum atomic E-state index is -3.52. The van der Waals surface area contributed by atoms with E-state index in [0.29, 0.717) is 25.4 Å². The summed E-state index contributed by atoms with van der Waals surface area (Å²) in [4.78, 5) is 14.2. The Morgan fingerprint density at radius 1 is 1.25 bits per heavy atom. The molecule has 0 aliphatic carbocycles. The van der Waals surface area contributed by atoms with Crippen LogP contribution in [0.5, 0.6) is 0 Å². The SMILES string of the molecule is CC[C@H](C)NS(=O)(=O)c1ccc(NC(=O)CN2CCOCC2)cc1. The smallest absolute Gasteiger partial charge is 0.240 e. The van der Waals surface area contributed by atoms with E-state index in [4.69, 9.17) is 4.74 Å². The van der Waals surface area contributed by atoms with Gasteiger partial charge in [0.25, 0.3) is 0 Å². The molecule has 1 heterocycles. The maximum Gasteiger partial charge on any atom is 0.240 e. The van der Waals surface area contributed by atoms with Gasteiger partial charge in [-0.3, -0.25) is 9.69 Å². The lowest BCUT2D eigenvalue weighted by Gasteiger charge is -2.25. The van der Waals surface area contributed by atoms with Crippen molar-refractivity contribution in [2.45, 2.75) is 31.2 Å². The van der Waals surface area contributed by atoms with E-state index >= 15 is 0 Å². The molecule has 7 nitrogen and oxygen atoms in total. The van der Waals surface area contributed by atoms with Crippen LogP contribution in [0.2, 0.25) is 0 Å². The van der Waals surface area contributed by atoms with Crippen LogP contribution >= 0.6 is 0 Å². The lowest BCUT2D eigenvalue weighted by Crippen LogP contribution is -2.41. The molecule has 24 heavy (non-hydrogen) atoms. The number of nitrogens with one attached hydrogen (secondary N) is 2. The minimum Gasteiger partial charge on any atom is -0.379 e. The number of benzene rings is 1. The molecule has 0 unspecified atom stereocenters. The molecule has 2 rings (SSSR count). The molecule has 1 amide bonds. The van der Waals surface area contributed by atoms with Gasteiger partial charge in [0, 0.05) is 24.8 Å². The van der Waals surface area contributed by atoms with E-state index < -0.39 is 10.0 Å². The molecule has 1 aliphatic heterocycles. The Hall–Kier alpha value is -1.48. The largest absolute Gasteiger partial charge is 0.379 e. The van der Waals surface area contributed by atoms with E-state index in [1.807, 2.05) is 18.7 Å². The van der Waals surface area contributed by atoms with Gasteiger partial charge in [0.1, 0.15) is 0 Å². The molecular weight excluding hydrogens is 330 g/mol. The van der Waals surface area contributed by atoms with Gasteiger partial charge < -0.3 is 10.1 Å². The molecule has 0 spiro atoms. The number of morpholine rings is 1. The number of amides is 1. The molecule has 0 radical (unpaired) electrons. The van der Waals surface area contributed by atoms with Crippen LogP contribution < -0.4 is 10.0 Å². The highest BCUT2D eigenvalue weighted by molar-refractivity contribution is 7.89. The maximum atomic E-state index is 12.2. The normalized spacial score (nSPS) is 17.4. The molecule has 1 aliphatic rings. The second-order valence-electron chi connectivity index (χ2n) is 5.89. The number of sulfonamides is 1. The minimum absolute atomic E-state index is 0.120. The van der Waals surface area contributed by atoms with E-state index in [9.17, 15) is 13.2 Å². The topological polar surface area (TPSA) is 87.7 Å². The molecule has 1 saturated heterocycles. The van der Waals surface area contributed by atoms with Crippen molar-refractivity contribution in [3.05, 3.63) is 24.3 Å². The van der Waals surface area contributed by atoms with Crippen molar-refractivity contribution in [3.63, 3.8) is 0 Å². The number of rotatable bonds is 7. The Kier molecular flexibility index (Phi) is 6.73. The Morgan fingerprint density at radius 3 is 2.46 bits per heavy atom. The van der Waals surface area contributed by atoms with Crippen molar-refractivity contribution in [2.24, 2.45) is 0 Å². The standard InChI is InChI=1S/C16H25N3O4S/c1-3-13(2)18-24(21,22)15-6-4-14(5-7-15)17-16(20)12-19-8-10-23-11-9-19/h4-7,13,18H,3,8-12H2,1-2H3,(H,17,20)/t13-/m0/s1. The highest BCUT2D eigenvalue weighted by atomic mass is 32.2. The van der Waals surface area contributed by atoms with Gasteiger partial charge in [-0.15, -0.1) is 0 Å². The number of ether oxygens (including phenoxy) is 1. The van der Waals surface area contributed by atoms with Crippen LogP contribution in [0.4, 0.5) is 5.69 Å². The summed E-state index contributed by atoms with van der Waals surface area (Å²) in [6.45, 7) is 6.81. The number of hydrogen-bond acceptors (Lipinski definition) is 5. The summed E-state index contributed by atoms with van der Waals surface area (Å²) in [7, 11) is -3.52. The number of carbonyl (C=O) groups excluding carboxylic acids is 1. The molecule has 1 fully saturated rings. The summed E-state index contributed by atoms with van der Waals surface area (Å²) in [5.74, 6) is -0.120. The summed E-state index contributed by atoms with van der Waals surface area (Å²) in [5.41, 5.74) is 0.579. The maximum absolute atomic E-state index is 12.2. The molecule has 0 bridgehead atoms. The van der Waals surface area contributed by atoms with Crippen LogP contribution in [0.1, 0.15) is 20.3 Å². The molecule has 1 atom stereocenters. The predicted octanol–water partition coefficient (Wildman–Crippen LogP) is 1.03. The number of hydrogen-bond donors (Lipinski definition) is 2. The van der Waals surface area contributed by atoms with Crippen molar-refractivity contribution in [3.8, 4) is 0 Å². The predicted molar refractivity (Wildman–Crippen MR) is 92.4 cm³/mol. The fourth-order valence-electron chi connectivity index (χ4n) is 2.30. The second-order valence-corrected chi connectivity index (χ2v) is 7.61. The Bertz CT molecular complexity index is 640. The van der Waals surface area contributed by atoms with Crippen LogP contribution in [0, 0.1) is 0 Å². The summed E-state index contributed by atoms with van der Waals surface area (Å²) in [6.07, 6.45) is 0.717. The Morgan fingerprint density at radius 2 is 1.88 bits per heavy atom. The van der Waals surface area contributed by atoms with Gasteiger partial charge >= 0.3 is 0 Å². The highest BCUT2D eigenvalue weighted by Gasteiger charge is 2.17. The summed E-state index contributed by atoms with van der Waals surface area (Å²) < 4.78 is 32.2. The van der Waals surface area contributed by atoms with Gasteiger partial charge in [-0.25, -0.2) is 13.1 Å². The Labute approximate surface area is 143 Å². The van der Waals surface area contributed by atoms with Gasteiger partial charge in [-0.2, -0.15) is 0 Å². The summed E-state index contributed by atoms with van der Waals surface area (Å²) >= 11 is 0. The van der Waals surface area contributed by atoms with Crippen molar-refractivity contribution >= 4 is 21.6 Å². The first kappa shape index (κ1) is 18.9. The quantitative estimate of drug-likeness (QED) is 0.763. The van der Waals surface area contributed by atoms with Crippen LogP contribution in [-0.4, -0.2) is 58.1 Å². The van der Waals surface area contributed by atoms with E-state index in [1.54, 1.807) is 12.1 Å². The fraction of sp³-hybridized carbons (Fsp3) is 0.562. The van der Waals surface area contributed by atoms with Gasteiger partial charge in [-0.1, -0.05) is 6.92 Å². The average molecular weight is 355 g/mol. The van der Waals surface area contributed by atoms with Crippen molar-refractivity contribution in [1.29, 1.82) is 0 Å². The zero-order valence-corrected chi connectivity index (χ0v) is 14.9. The molecule has 8 heteroatoms. The first-order chi connectivity index (χ1) is 11.4. The molecule has 2 N–H and O–H groups in total. The summed E-state index contributed by atoms with van der Waals surface area (Å²) in [6, 6.07) is 6.07. The third kappa shape index (κ3) is 5.55. The van der Waals surface area contributed by atoms with Gasteiger partial charge in [0.15, 0.2) is 0 Å². The van der Waals surface area contributed by atoms with E-state index in [0.717, 1.165) is 19.5 Å². The van der Waals surface area contributed by atoms with Crippen molar-refractivity contribution in [2.75, 3.05) is 38.2 Å². The number of carbonyl (C=O) groups is 1. The van der Waals surface area contributed by atoms with Gasteiger partial charge in [-0.05, 0) is 37.6 Å². The fourth-order valence-corrected chi connectivity index (χ4v) is 3.62. The zero-order chi connectivity index (χ0) is 17.6. The summed E-state index contributed by atoms with van der Waals surface area (Å²) in [5, 5.41) is 2.78. The molecule has 0 aromatic heterocycles. The van der Waals surface area contributed by atoms with Crippen molar-refractivity contribution in [1.82, 2.24) is 9.62 Å². The van der Waals surface area contributed by atoms with Crippen molar-refractivity contribution < 1.29 is 17.9 Å². The first-order valence-electron chi connectivity index (χ1n) is 8.13. The molecule has 1 aromatic carbocycles. The van der Waals surface area contributed by atoms with E-state index in [2.05, 4.69) is 10.0 Å². The lowest BCUT2D eigenvalue weighted by molar-refractivity contribution is -0.118. The van der Waals surface area contributed by atoms with Crippen LogP contribution in [-0.2, 0) is 19.6 Å². The third-order valence-corrected chi connectivity index (χ3v) is 5.49. The monoisotopic (exact) mass is 355 g/mol. The average Bonchev–Trinajstić information content (AvgIpc) is 2.55. The third-order valence-electron chi connectivity index (χ3n) is 3.89. The van der Waals surface area contributed by atoms with Crippen LogP contribution in [0.3, 0.4) is 0 Å². The second kappa shape index (κ2) is 8.57. The highest BCUT2D eigenvalue weighted by Crippen LogP contribution is 2.15. The first-order valence-corrected chi connectivity index (χ1v) is 9.61. The van der Waals surface area contributed by atoms with Gasteiger partial charge in [0.05, 0.1) is 24.7 Å². The zero-order valence-electron chi connectivity index (χ0n) is 14.1. The van der Waals surface area contributed by atoms with E-state index in [1.165, 1.54) is 12.1 Å². The van der Waals surface area contributed by atoms with E-state index in [-0.39, 0.29) is 16.8 Å². The molecule has 134 valence electrons. The van der Waals surface area contributed by atoms with Crippen LogP contribution in [0.15, 0.2) is 29.2 Å². The number of anilines is 1. The Balaban J connectivity index is 1.92. The molecular formula is C16H25N3O4S. The lowest BCUT2D eigenvalue weighted by atomic mass is 10.3. The number of nitrogens with zero attached hydrogens (tertiary/aromatic N) is 1. The molecule has 0 saturated carbocycles.